The monoisotopic (exact) mass is 345 g/mol. The average molecular weight is 345 g/mol. The molecule has 0 saturated carbocycles. The summed E-state index contributed by atoms with van der Waals surface area (Å²) in [5, 5.41) is 40.5. The van der Waals surface area contributed by atoms with Crippen LogP contribution < -0.4 is 5.73 Å². The van der Waals surface area contributed by atoms with Crippen molar-refractivity contribution in [2.45, 2.75) is 24.7 Å². The smallest absolute Gasteiger partial charge is 0.269 e. The Hall–Kier alpha value is -3.63. The average Bonchev–Trinajstić information content (AvgIpc) is 2.67. The zero-order valence-corrected chi connectivity index (χ0v) is 13.8. The lowest BCUT2D eigenvalue weighted by atomic mass is 9.56. The lowest BCUT2D eigenvalue weighted by Gasteiger charge is -2.43. The molecule has 0 saturated heterocycles. The van der Waals surface area contributed by atoms with Gasteiger partial charge < -0.3 is 5.73 Å². The number of hydrogen-bond donors (Lipinski definition) is 1. The molecule has 0 unspecified atom stereocenters. The fourth-order valence-electron chi connectivity index (χ4n) is 4.04. The van der Waals surface area contributed by atoms with Crippen LogP contribution >= 0.6 is 0 Å². The molecule has 0 heterocycles. The van der Waals surface area contributed by atoms with Crippen molar-refractivity contribution in [3.63, 3.8) is 0 Å². The summed E-state index contributed by atoms with van der Waals surface area (Å²) in [6.45, 7) is 0. The van der Waals surface area contributed by atoms with Crippen molar-refractivity contribution in [2.24, 2.45) is 17.6 Å². The Kier molecular flexibility index (Phi) is 4.20. The number of hydrogen-bond acceptors (Lipinski definition) is 6. The zero-order valence-electron chi connectivity index (χ0n) is 13.8. The van der Waals surface area contributed by atoms with E-state index in [-0.39, 0.29) is 22.9 Å². The lowest BCUT2D eigenvalue weighted by molar-refractivity contribution is -0.384. The minimum Gasteiger partial charge on any atom is -0.399 e. The highest BCUT2D eigenvalue weighted by Crippen LogP contribution is 2.52. The first-order valence-corrected chi connectivity index (χ1v) is 8.17. The molecule has 0 aromatic heterocycles. The highest BCUT2D eigenvalue weighted by molar-refractivity contribution is 5.61. The third-order valence-corrected chi connectivity index (χ3v) is 5.30. The fourth-order valence-corrected chi connectivity index (χ4v) is 4.04. The molecule has 7 nitrogen and oxygen atoms in total. The minimum absolute atomic E-state index is 0.0484. The Morgan fingerprint density at radius 3 is 2.46 bits per heavy atom. The molecule has 0 radical (unpaired) electrons. The van der Waals surface area contributed by atoms with E-state index in [4.69, 9.17) is 5.73 Å². The normalized spacial score (nSPS) is 27.3. The van der Waals surface area contributed by atoms with Crippen LogP contribution in [-0.2, 0) is 5.41 Å². The van der Waals surface area contributed by atoms with Gasteiger partial charge in [0.05, 0.1) is 34.2 Å². The van der Waals surface area contributed by atoms with E-state index in [0.717, 1.165) is 18.4 Å². The van der Waals surface area contributed by atoms with Crippen LogP contribution in [0.3, 0.4) is 0 Å². The fraction of sp³-hybridized carbons (Fsp3) is 0.316. The summed E-state index contributed by atoms with van der Waals surface area (Å²) >= 11 is 0. The van der Waals surface area contributed by atoms with Gasteiger partial charge in [-0.25, -0.2) is 0 Å². The maximum atomic E-state index is 10.9. The molecule has 128 valence electrons. The number of nitro groups is 1. The van der Waals surface area contributed by atoms with Crippen LogP contribution in [0.25, 0.3) is 0 Å². The van der Waals surface area contributed by atoms with Crippen molar-refractivity contribution in [2.75, 3.05) is 0 Å². The van der Waals surface area contributed by atoms with E-state index >= 15 is 0 Å². The van der Waals surface area contributed by atoms with E-state index < -0.39 is 16.3 Å². The summed E-state index contributed by atoms with van der Waals surface area (Å²) in [7, 11) is 0. The van der Waals surface area contributed by atoms with Crippen LogP contribution in [0.5, 0.6) is 0 Å². The van der Waals surface area contributed by atoms with Crippen LogP contribution in [0.4, 0.5) is 5.69 Å². The molecule has 2 aliphatic carbocycles. The van der Waals surface area contributed by atoms with Crippen molar-refractivity contribution in [3.8, 4) is 18.2 Å². The topological polar surface area (TPSA) is 141 Å². The highest BCUT2D eigenvalue weighted by atomic mass is 16.6. The van der Waals surface area contributed by atoms with E-state index in [0.29, 0.717) is 12.0 Å². The Labute approximate surface area is 150 Å². The number of nitro benzene ring substituents is 1. The second kappa shape index (κ2) is 6.35. The van der Waals surface area contributed by atoms with Crippen LogP contribution in [0.15, 0.2) is 47.2 Å². The Bertz CT molecular complexity index is 956. The van der Waals surface area contributed by atoms with Crippen molar-refractivity contribution < 1.29 is 4.92 Å². The molecule has 2 N–H and O–H groups in total. The standard InChI is InChI=1S/C19H15N5O2/c20-9-16-14-3-1-2-4-15(14)17(10-21)19(11-22,18(16)23)12-5-7-13(8-6-12)24(25)26/h3,5-8,15,17H,1-2,4,23H2/t15-,17-,19+/m1/s1. The first-order chi connectivity index (χ1) is 12.5. The van der Waals surface area contributed by atoms with E-state index in [9.17, 15) is 25.9 Å². The van der Waals surface area contributed by atoms with Crippen LogP contribution in [0.2, 0.25) is 0 Å². The summed E-state index contributed by atoms with van der Waals surface area (Å²) in [5.41, 5.74) is 6.11. The molecule has 0 amide bonds. The van der Waals surface area contributed by atoms with E-state index in [1.54, 1.807) is 0 Å². The van der Waals surface area contributed by atoms with Gasteiger partial charge in [-0.1, -0.05) is 18.2 Å². The number of nitrogens with two attached hydrogens (primary N) is 1. The van der Waals surface area contributed by atoms with Crippen LogP contribution in [0, 0.1) is 55.9 Å². The third kappa shape index (κ3) is 2.24. The lowest BCUT2D eigenvalue weighted by Crippen LogP contribution is -2.47. The number of benzene rings is 1. The molecule has 1 aromatic carbocycles. The number of nitriles is 3. The molecule has 3 atom stereocenters. The van der Waals surface area contributed by atoms with Gasteiger partial charge in [0, 0.05) is 18.1 Å². The molecule has 3 rings (SSSR count). The molecule has 0 spiro atoms. The van der Waals surface area contributed by atoms with Crippen LogP contribution in [-0.4, -0.2) is 4.92 Å². The predicted molar refractivity (Wildman–Crippen MR) is 91.7 cm³/mol. The van der Waals surface area contributed by atoms with Crippen molar-refractivity contribution >= 4 is 5.69 Å². The second-order valence-corrected chi connectivity index (χ2v) is 6.43. The molecular formula is C19H15N5O2. The predicted octanol–water partition coefficient (Wildman–Crippen LogP) is 2.97. The minimum atomic E-state index is -1.51. The first kappa shape index (κ1) is 17.2. The number of non-ortho nitro benzene ring substituents is 1. The highest BCUT2D eigenvalue weighted by Gasteiger charge is 2.54. The number of allylic oxidation sites excluding steroid dienone is 4. The second-order valence-electron chi connectivity index (χ2n) is 6.43. The molecule has 0 aliphatic heterocycles. The van der Waals surface area contributed by atoms with Gasteiger partial charge >= 0.3 is 0 Å². The largest absolute Gasteiger partial charge is 0.399 e. The van der Waals surface area contributed by atoms with Gasteiger partial charge in [0.2, 0.25) is 0 Å². The summed E-state index contributed by atoms with van der Waals surface area (Å²) in [4.78, 5) is 10.4. The van der Waals surface area contributed by atoms with Crippen LogP contribution in [0.1, 0.15) is 24.8 Å². The Morgan fingerprint density at radius 2 is 1.92 bits per heavy atom. The zero-order chi connectivity index (χ0) is 18.9. The van der Waals surface area contributed by atoms with Gasteiger partial charge in [-0.2, -0.15) is 15.8 Å². The Morgan fingerprint density at radius 1 is 1.23 bits per heavy atom. The maximum absolute atomic E-state index is 10.9. The van der Waals surface area contributed by atoms with E-state index in [1.807, 2.05) is 6.08 Å². The van der Waals surface area contributed by atoms with Crippen molar-refractivity contribution in [1.29, 1.82) is 15.8 Å². The summed E-state index contributed by atoms with van der Waals surface area (Å²) in [6.07, 6.45) is 4.30. The number of nitrogens with zero attached hydrogens (tertiary/aromatic N) is 4. The molecular weight excluding hydrogens is 330 g/mol. The van der Waals surface area contributed by atoms with Crippen molar-refractivity contribution in [1.82, 2.24) is 0 Å². The third-order valence-electron chi connectivity index (χ3n) is 5.30. The van der Waals surface area contributed by atoms with Gasteiger partial charge in [-0.3, -0.25) is 10.1 Å². The Balaban J connectivity index is 2.30. The number of rotatable bonds is 2. The molecule has 26 heavy (non-hydrogen) atoms. The first-order valence-electron chi connectivity index (χ1n) is 8.17. The molecule has 0 bridgehead atoms. The molecule has 1 aromatic rings. The van der Waals surface area contributed by atoms with Gasteiger partial charge in [0.1, 0.15) is 11.5 Å². The summed E-state index contributed by atoms with van der Waals surface area (Å²) in [6, 6.07) is 12.0. The maximum Gasteiger partial charge on any atom is 0.269 e. The SMILES string of the molecule is N#CC1=C(N)[C@@](C#N)(c2ccc([N+](=O)[O-])cc2)[C@H](C#N)[C@@H]2CCCC=C12. The van der Waals surface area contributed by atoms with Gasteiger partial charge in [-0.15, -0.1) is 0 Å². The van der Waals surface area contributed by atoms with Crippen molar-refractivity contribution in [3.05, 3.63) is 62.9 Å². The quantitative estimate of drug-likeness (QED) is 0.645. The van der Waals surface area contributed by atoms with Gasteiger partial charge in [0.15, 0.2) is 0 Å². The molecule has 0 fully saturated rings. The molecule has 2 aliphatic rings. The van der Waals surface area contributed by atoms with Gasteiger partial charge in [-0.05, 0) is 30.4 Å². The summed E-state index contributed by atoms with van der Waals surface area (Å²) in [5.74, 6) is -1.02. The van der Waals surface area contributed by atoms with Gasteiger partial charge in [0.25, 0.3) is 5.69 Å². The number of fused-ring (bicyclic) bond motifs is 1. The summed E-state index contributed by atoms with van der Waals surface area (Å²) < 4.78 is 0. The van der Waals surface area contributed by atoms with E-state index in [2.05, 4.69) is 18.2 Å². The molecule has 7 heteroatoms. The van der Waals surface area contributed by atoms with E-state index in [1.165, 1.54) is 24.3 Å².